The van der Waals surface area contributed by atoms with E-state index in [9.17, 15) is 18.0 Å². The van der Waals surface area contributed by atoms with Crippen molar-refractivity contribution >= 4 is 10.9 Å². The van der Waals surface area contributed by atoms with E-state index in [-0.39, 0.29) is 12.6 Å². The maximum atomic E-state index is 13.8. The normalized spacial score (nSPS) is 17.9. The smallest absolute Gasteiger partial charge is 0.335 e. The topological polar surface area (TPSA) is 43.1 Å². The van der Waals surface area contributed by atoms with Gasteiger partial charge in [0.1, 0.15) is 5.69 Å². The highest BCUT2D eigenvalue weighted by molar-refractivity contribution is 5.80. The highest BCUT2D eigenvalue weighted by atomic mass is 19.4. The van der Waals surface area contributed by atoms with Gasteiger partial charge in [-0.15, -0.1) is 0 Å². The van der Waals surface area contributed by atoms with Crippen LogP contribution in [-0.4, -0.2) is 31.8 Å². The molecule has 0 aliphatic carbocycles. The molecule has 1 aliphatic heterocycles. The zero-order valence-electron chi connectivity index (χ0n) is 17.3. The van der Waals surface area contributed by atoms with Gasteiger partial charge in [0.05, 0.1) is 11.2 Å². The first-order chi connectivity index (χ1) is 14.1. The van der Waals surface area contributed by atoms with E-state index in [2.05, 4.69) is 10.00 Å². The van der Waals surface area contributed by atoms with Crippen LogP contribution in [0.2, 0.25) is 0 Å². The number of aryl methyl sites for hydroxylation is 3. The lowest BCUT2D eigenvalue weighted by Gasteiger charge is -2.28. The molecular weight excluding hydrogens is 393 g/mol. The van der Waals surface area contributed by atoms with Gasteiger partial charge >= 0.3 is 6.18 Å². The molecule has 1 aliphatic rings. The van der Waals surface area contributed by atoms with E-state index in [0.717, 1.165) is 42.3 Å². The molecule has 0 bridgehead atoms. The van der Waals surface area contributed by atoms with Crippen molar-refractivity contribution in [3.8, 4) is 0 Å². The Morgan fingerprint density at radius 2 is 1.97 bits per heavy atom. The fourth-order valence-electron chi connectivity index (χ4n) is 4.47. The van der Waals surface area contributed by atoms with Crippen LogP contribution in [0.15, 0.2) is 35.3 Å². The first kappa shape index (κ1) is 20.7. The summed E-state index contributed by atoms with van der Waals surface area (Å²) in [7, 11) is 1.86. The predicted octanol–water partition coefficient (Wildman–Crippen LogP) is 4.04. The average molecular weight is 418 g/mol. The van der Waals surface area contributed by atoms with Gasteiger partial charge in [-0.3, -0.25) is 14.4 Å². The molecule has 5 nitrogen and oxygen atoms in total. The van der Waals surface area contributed by atoms with Gasteiger partial charge in [0.15, 0.2) is 5.43 Å². The number of aromatic nitrogens is 3. The van der Waals surface area contributed by atoms with Crippen LogP contribution < -0.4 is 5.43 Å². The molecule has 0 radical (unpaired) electrons. The van der Waals surface area contributed by atoms with Gasteiger partial charge in [0, 0.05) is 49.4 Å². The molecule has 30 heavy (non-hydrogen) atoms. The summed E-state index contributed by atoms with van der Waals surface area (Å²) in [5, 5.41) is 4.70. The molecule has 8 heteroatoms. The zero-order valence-corrected chi connectivity index (χ0v) is 17.3. The summed E-state index contributed by atoms with van der Waals surface area (Å²) in [4.78, 5) is 14.6. The van der Waals surface area contributed by atoms with Gasteiger partial charge in [0.2, 0.25) is 0 Å². The van der Waals surface area contributed by atoms with Crippen molar-refractivity contribution in [3.63, 3.8) is 0 Å². The van der Waals surface area contributed by atoms with Crippen molar-refractivity contribution < 1.29 is 13.2 Å². The van der Waals surface area contributed by atoms with Crippen molar-refractivity contribution in [2.75, 3.05) is 6.54 Å². The fraction of sp³-hybridized carbons (Fsp3) is 0.455. The van der Waals surface area contributed by atoms with Gasteiger partial charge in [-0.1, -0.05) is 11.6 Å². The molecule has 1 saturated heterocycles. The summed E-state index contributed by atoms with van der Waals surface area (Å²) < 4.78 is 44.5. The number of hydrogen-bond acceptors (Lipinski definition) is 3. The van der Waals surface area contributed by atoms with Crippen LogP contribution in [0.1, 0.15) is 35.4 Å². The summed E-state index contributed by atoms with van der Waals surface area (Å²) in [5.74, 6) is 0. The number of benzene rings is 1. The molecule has 160 valence electrons. The second-order valence-electron chi connectivity index (χ2n) is 8.20. The summed E-state index contributed by atoms with van der Waals surface area (Å²) >= 11 is 0. The first-order valence-corrected chi connectivity index (χ1v) is 10.1. The number of pyridine rings is 1. The Morgan fingerprint density at radius 1 is 1.20 bits per heavy atom. The molecule has 1 aromatic carbocycles. The molecule has 2 aromatic heterocycles. The lowest BCUT2D eigenvalue weighted by atomic mass is 10.1. The van der Waals surface area contributed by atoms with E-state index in [1.807, 2.05) is 27.1 Å². The standard InChI is InChI=1S/C22H25F3N4O/c1-14-6-7-19-18(9-14)20(30)10-21(22(23,24)25)29(19)13-17-5-4-8-28(17)12-16-11-27(3)26-15(16)2/h6-7,9-11,17H,4-5,8,12-13H2,1-3H3. The van der Waals surface area contributed by atoms with Gasteiger partial charge in [-0.2, -0.15) is 18.3 Å². The third-order valence-corrected chi connectivity index (χ3v) is 5.94. The average Bonchev–Trinajstić information content (AvgIpc) is 3.22. The van der Waals surface area contributed by atoms with Crippen molar-refractivity contribution in [1.29, 1.82) is 0 Å². The third kappa shape index (κ3) is 3.88. The lowest BCUT2D eigenvalue weighted by molar-refractivity contribution is -0.144. The Hall–Kier alpha value is -2.61. The Labute approximate surface area is 172 Å². The van der Waals surface area contributed by atoms with E-state index in [4.69, 9.17) is 0 Å². The number of rotatable bonds is 4. The van der Waals surface area contributed by atoms with Crippen molar-refractivity contribution in [1.82, 2.24) is 19.2 Å². The van der Waals surface area contributed by atoms with Crippen LogP contribution in [0.5, 0.6) is 0 Å². The van der Waals surface area contributed by atoms with E-state index in [1.54, 1.807) is 22.9 Å². The lowest BCUT2D eigenvalue weighted by Crippen LogP contribution is -2.35. The van der Waals surface area contributed by atoms with Crippen LogP contribution in [0.25, 0.3) is 10.9 Å². The first-order valence-electron chi connectivity index (χ1n) is 10.1. The number of hydrogen-bond donors (Lipinski definition) is 0. The third-order valence-electron chi connectivity index (χ3n) is 5.94. The Kier molecular flexibility index (Phi) is 5.22. The van der Waals surface area contributed by atoms with Gasteiger partial charge in [-0.25, -0.2) is 0 Å². The van der Waals surface area contributed by atoms with Gasteiger partial charge < -0.3 is 4.57 Å². The fourth-order valence-corrected chi connectivity index (χ4v) is 4.47. The predicted molar refractivity (Wildman–Crippen MR) is 109 cm³/mol. The van der Waals surface area contributed by atoms with Crippen LogP contribution >= 0.6 is 0 Å². The van der Waals surface area contributed by atoms with Crippen LogP contribution in [0, 0.1) is 13.8 Å². The van der Waals surface area contributed by atoms with Crippen LogP contribution in [0.4, 0.5) is 13.2 Å². The van der Waals surface area contributed by atoms with E-state index >= 15 is 0 Å². The minimum absolute atomic E-state index is 0.0438. The van der Waals surface area contributed by atoms with E-state index < -0.39 is 17.3 Å². The summed E-state index contributed by atoms with van der Waals surface area (Å²) in [6, 6.07) is 5.75. The second kappa shape index (κ2) is 7.58. The summed E-state index contributed by atoms with van der Waals surface area (Å²) in [6.07, 6.45) is -0.885. The largest absolute Gasteiger partial charge is 0.431 e. The van der Waals surface area contributed by atoms with Crippen molar-refractivity contribution in [2.24, 2.45) is 7.05 Å². The van der Waals surface area contributed by atoms with Crippen molar-refractivity contribution in [2.45, 2.75) is 52.0 Å². The van der Waals surface area contributed by atoms with Gasteiger partial charge in [-0.05, 0) is 45.4 Å². The maximum absolute atomic E-state index is 13.8. The van der Waals surface area contributed by atoms with Crippen LogP contribution in [0.3, 0.4) is 0 Å². The quantitative estimate of drug-likeness (QED) is 0.643. The maximum Gasteiger partial charge on any atom is 0.431 e. The zero-order chi connectivity index (χ0) is 21.6. The molecule has 0 amide bonds. The molecule has 0 N–H and O–H groups in total. The Morgan fingerprint density at radius 3 is 2.63 bits per heavy atom. The highest BCUT2D eigenvalue weighted by Crippen LogP contribution is 2.32. The highest BCUT2D eigenvalue weighted by Gasteiger charge is 2.36. The second-order valence-corrected chi connectivity index (χ2v) is 8.20. The van der Waals surface area contributed by atoms with Crippen LogP contribution in [-0.2, 0) is 26.3 Å². The minimum Gasteiger partial charge on any atom is -0.335 e. The SMILES string of the molecule is Cc1ccc2c(c1)c(=O)cc(C(F)(F)F)n2CC1CCCN1Cc1cn(C)nc1C. The molecule has 3 aromatic rings. The molecule has 0 spiro atoms. The number of halogens is 3. The molecule has 4 rings (SSSR count). The van der Waals surface area contributed by atoms with Crippen molar-refractivity contribution in [3.05, 3.63) is 63.2 Å². The molecule has 0 saturated carbocycles. The molecular formula is C22H25F3N4O. The summed E-state index contributed by atoms with van der Waals surface area (Å²) in [5.41, 5.74) is 1.73. The van der Waals surface area contributed by atoms with E-state index in [0.29, 0.717) is 17.4 Å². The number of nitrogens with zero attached hydrogens (tertiary/aromatic N) is 4. The molecule has 1 unspecified atom stereocenters. The molecule has 1 fully saturated rings. The van der Waals surface area contributed by atoms with Gasteiger partial charge in [0.25, 0.3) is 0 Å². The van der Waals surface area contributed by atoms with E-state index in [1.165, 1.54) is 4.57 Å². The molecule has 1 atom stereocenters. The monoisotopic (exact) mass is 418 g/mol. The minimum atomic E-state index is -4.60. The number of likely N-dealkylation sites (tertiary alicyclic amines) is 1. The Balaban J connectivity index is 1.74. The molecule has 3 heterocycles. The Bertz CT molecular complexity index is 1150. The summed E-state index contributed by atoms with van der Waals surface area (Å²) in [6.45, 7) is 5.45. The number of alkyl halides is 3. The number of fused-ring (bicyclic) bond motifs is 1.